The quantitative estimate of drug-likeness (QED) is 0.674. The lowest BCUT2D eigenvalue weighted by atomic mass is 10.1. The largest absolute Gasteiger partial charge is 0.394 e. The van der Waals surface area contributed by atoms with Gasteiger partial charge in [0.1, 0.15) is 17.3 Å². The number of nitro groups is 1. The van der Waals surface area contributed by atoms with Gasteiger partial charge in [-0.15, -0.1) is 0 Å². The Morgan fingerprint density at radius 3 is 2.90 bits per heavy atom. The van der Waals surface area contributed by atoms with Crippen molar-refractivity contribution in [3.63, 3.8) is 0 Å². The summed E-state index contributed by atoms with van der Waals surface area (Å²) in [7, 11) is 0. The van der Waals surface area contributed by atoms with Crippen molar-refractivity contribution in [3.8, 4) is 6.07 Å². The fourth-order valence-electron chi connectivity index (χ4n) is 2.73. The van der Waals surface area contributed by atoms with Gasteiger partial charge in [0.25, 0.3) is 0 Å². The van der Waals surface area contributed by atoms with Crippen LogP contribution in [-0.2, 0) is 0 Å². The van der Waals surface area contributed by atoms with E-state index in [4.69, 9.17) is 5.26 Å². The maximum atomic E-state index is 11.3. The smallest absolute Gasteiger partial charge is 0.310 e. The summed E-state index contributed by atoms with van der Waals surface area (Å²) in [5.74, 6) is 0. The first kappa shape index (κ1) is 14.3. The van der Waals surface area contributed by atoms with Gasteiger partial charge in [0, 0.05) is 6.54 Å². The Hall–Kier alpha value is -2.13. The predicted octanol–water partition coefficient (Wildman–Crippen LogP) is 2.21. The van der Waals surface area contributed by atoms with Gasteiger partial charge in [-0.25, -0.2) is 0 Å². The Kier molecular flexibility index (Phi) is 4.53. The van der Waals surface area contributed by atoms with E-state index in [9.17, 15) is 15.2 Å². The van der Waals surface area contributed by atoms with Crippen molar-refractivity contribution in [2.75, 3.05) is 18.1 Å². The van der Waals surface area contributed by atoms with Crippen LogP contribution < -0.4 is 4.90 Å². The number of benzene rings is 1. The molecule has 1 heterocycles. The fourth-order valence-corrected chi connectivity index (χ4v) is 2.73. The normalized spacial score (nSPS) is 19.2. The number of nitrogens with zero attached hydrogens (tertiary/aromatic N) is 3. The van der Waals surface area contributed by atoms with Crippen molar-refractivity contribution in [1.29, 1.82) is 5.26 Å². The predicted molar refractivity (Wildman–Crippen MR) is 74.5 cm³/mol. The molecule has 1 aliphatic heterocycles. The van der Waals surface area contributed by atoms with E-state index in [0.29, 0.717) is 12.2 Å². The van der Waals surface area contributed by atoms with Crippen molar-refractivity contribution < 1.29 is 10.0 Å². The van der Waals surface area contributed by atoms with Gasteiger partial charge >= 0.3 is 5.69 Å². The molecule has 1 saturated heterocycles. The zero-order chi connectivity index (χ0) is 14.5. The van der Waals surface area contributed by atoms with Crippen LogP contribution in [0.3, 0.4) is 0 Å². The molecule has 0 amide bonds. The van der Waals surface area contributed by atoms with Crippen molar-refractivity contribution in [3.05, 3.63) is 33.9 Å². The molecule has 6 nitrogen and oxygen atoms in total. The Morgan fingerprint density at radius 2 is 2.25 bits per heavy atom. The van der Waals surface area contributed by atoms with Gasteiger partial charge in [-0.3, -0.25) is 10.1 Å². The highest BCUT2D eigenvalue weighted by atomic mass is 16.6. The first-order chi connectivity index (χ1) is 9.69. The van der Waals surface area contributed by atoms with E-state index in [1.165, 1.54) is 6.07 Å². The number of hydrogen-bond donors (Lipinski definition) is 1. The SMILES string of the molecule is N#Cc1cccc(N2CCCCCC2CO)c1[N+](=O)[O-]. The van der Waals surface area contributed by atoms with Gasteiger partial charge in [0.2, 0.25) is 0 Å². The average molecular weight is 275 g/mol. The Balaban J connectivity index is 2.49. The number of nitriles is 1. The third kappa shape index (κ3) is 2.73. The summed E-state index contributed by atoms with van der Waals surface area (Å²) >= 11 is 0. The lowest BCUT2D eigenvalue weighted by Gasteiger charge is -2.30. The summed E-state index contributed by atoms with van der Waals surface area (Å²) in [6, 6.07) is 6.52. The molecule has 1 atom stereocenters. The van der Waals surface area contributed by atoms with Crippen molar-refractivity contribution in [2.45, 2.75) is 31.7 Å². The van der Waals surface area contributed by atoms with E-state index in [1.54, 1.807) is 12.1 Å². The second kappa shape index (κ2) is 6.35. The van der Waals surface area contributed by atoms with Gasteiger partial charge in [0.15, 0.2) is 0 Å². The molecule has 0 aliphatic carbocycles. The van der Waals surface area contributed by atoms with Crippen LogP contribution in [-0.4, -0.2) is 29.2 Å². The number of aliphatic hydroxyl groups is 1. The molecular weight excluding hydrogens is 258 g/mol. The van der Waals surface area contributed by atoms with E-state index in [-0.39, 0.29) is 23.9 Å². The summed E-state index contributed by atoms with van der Waals surface area (Å²) in [6.07, 6.45) is 3.81. The molecule has 1 aromatic rings. The summed E-state index contributed by atoms with van der Waals surface area (Å²) in [5.41, 5.74) is 0.346. The lowest BCUT2D eigenvalue weighted by molar-refractivity contribution is -0.384. The highest BCUT2D eigenvalue weighted by Gasteiger charge is 2.28. The molecule has 1 fully saturated rings. The Bertz CT molecular complexity index is 539. The monoisotopic (exact) mass is 275 g/mol. The third-order valence-corrected chi connectivity index (χ3v) is 3.72. The number of anilines is 1. The molecule has 1 aliphatic rings. The zero-order valence-corrected chi connectivity index (χ0v) is 11.2. The first-order valence-corrected chi connectivity index (χ1v) is 6.74. The molecule has 20 heavy (non-hydrogen) atoms. The first-order valence-electron chi connectivity index (χ1n) is 6.74. The van der Waals surface area contributed by atoms with Crippen LogP contribution in [0.1, 0.15) is 31.2 Å². The lowest BCUT2D eigenvalue weighted by Crippen LogP contribution is -2.38. The van der Waals surface area contributed by atoms with Crippen molar-refractivity contribution >= 4 is 11.4 Å². The van der Waals surface area contributed by atoms with Crippen LogP contribution in [0.2, 0.25) is 0 Å². The second-order valence-corrected chi connectivity index (χ2v) is 4.92. The number of rotatable bonds is 3. The molecule has 106 valence electrons. The molecule has 0 spiro atoms. The Labute approximate surface area is 117 Å². The highest BCUT2D eigenvalue weighted by molar-refractivity contribution is 5.70. The van der Waals surface area contributed by atoms with Gasteiger partial charge in [-0.05, 0) is 25.0 Å². The molecule has 1 unspecified atom stereocenters. The molecule has 6 heteroatoms. The molecule has 1 N–H and O–H groups in total. The summed E-state index contributed by atoms with van der Waals surface area (Å²) in [6.45, 7) is 0.634. The van der Waals surface area contributed by atoms with Crippen molar-refractivity contribution in [2.24, 2.45) is 0 Å². The van der Waals surface area contributed by atoms with E-state index in [0.717, 1.165) is 25.7 Å². The molecule has 0 bridgehead atoms. The number of aliphatic hydroxyl groups excluding tert-OH is 1. The topological polar surface area (TPSA) is 90.4 Å². The van der Waals surface area contributed by atoms with Crippen LogP contribution in [0.5, 0.6) is 0 Å². The molecule has 0 radical (unpaired) electrons. The maximum absolute atomic E-state index is 11.3. The van der Waals surface area contributed by atoms with E-state index in [2.05, 4.69) is 0 Å². The average Bonchev–Trinajstić information content (AvgIpc) is 2.71. The van der Waals surface area contributed by atoms with Crippen LogP contribution in [0.4, 0.5) is 11.4 Å². The molecular formula is C14H17N3O3. The molecule has 0 aromatic heterocycles. The standard InChI is InChI=1S/C14H17N3O3/c15-9-11-5-4-7-13(14(11)17(19)20)16-8-3-1-2-6-12(16)10-18/h4-5,7,12,18H,1-3,6,8,10H2. The highest BCUT2D eigenvalue weighted by Crippen LogP contribution is 2.34. The van der Waals surface area contributed by atoms with Gasteiger partial charge in [0.05, 0.1) is 17.6 Å². The summed E-state index contributed by atoms with van der Waals surface area (Å²) < 4.78 is 0. The van der Waals surface area contributed by atoms with E-state index < -0.39 is 4.92 Å². The number of para-hydroxylation sites is 1. The minimum atomic E-state index is -0.507. The summed E-state index contributed by atoms with van der Waals surface area (Å²) in [4.78, 5) is 12.7. The van der Waals surface area contributed by atoms with Crippen LogP contribution in [0.25, 0.3) is 0 Å². The maximum Gasteiger partial charge on any atom is 0.310 e. The van der Waals surface area contributed by atoms with Crippen LogP contribution >= 0.6 is 0 Å². The molecule has 2 rings (SSSR count). The zero-order valence-electron chi connectivity index (χ0n) is 11.2. The minimum absolute atomic E-state index is 0.0338. The summed E-state index contributed by atoms with van der Waals surface area (Å²) in [5, 5.41) is 29.9. The minimum Gasteiger partial charge on any atom is -0.394 e. The second-order valence-electron chi connectivity index (χ2n) is 4.92. The van der Waals surface area contributed by atoms with Gasteiger partial charge in [-0.1, -0.05) is 18.9 Å². The third-order valence-electron chi connectivity index (χ3n) is 3.72. The number of nitro benzene ring substituents is 1. The molecule has 1 aromatic carbocycles. The van der Waals surface area contributed by atoms with Crippen LogP contribution in [0.15, 0.2) is 18.2 Å². The van der Waals surface area contributed by atoms with Gasteiger partial charge in [-0.2, -0.15) is 5.26 Å². The Morgan fingerprint density at radius 1 is 1.45 bits per heavy atom. The van der Waals surface area contributed by atoms with E-state index >= 15 is 0 Å². The fraction of sp³-hybridized carbons (Fsp3) is 0.500. The van der Waals surface area contributed by atoms with Crippen LogP contribution in [0, 0.1) is 21.4 Å². The van der Waals surface area contributed by atoms with E-state index in [1.807, 2.05) is 11.0 Å². The van der Waals surface area contributed by atoms with Crippen molar-refractivity contribution in [1.82, 2.24) is 0 Å². The number of hydrogen-bond acceptors (Lipinski definition) is 5. The van der Waals surface area contributed by atoms with Gasteiger partial charge < -0.3 is 10.0 Å². The molecule has 0 saturated carbocycles.